The number of nitrogens with zero attached hydrogens (tertiary/aromatic N) is 1. The predicted molar refractivity (Wildman–Crippen MR) is 71.1 cm³/mol. The molecule has 4 nitrogen and oxygen atoms in total. The van der Waals surface area contributed by atoms with E-state index in [-0.39, 0.29) is 16.9 Å². The van der Waals surface area contributed by atoms with Crippen LogP contribution in [0.3, 0.4) is 0 Å². The number of hydrogen-bond acceptors (Lipinski definition) is 3. The van der Waals surface area contributed by atoms with Crippen molar-refractivity contribution in [3.63, 3.8) is 0 Å². The van der Waals surface area contributed by atoms with Crippen molar-refractivity contribution in [1.29, 1.82) is 0 Å². The van der Waals surface area contributed by atoms with Crippen LogP contribution in [-0.4, -0.2) is 16.1 Å². The van der Waals surface area contributed by atoms with Crippen LogP contribution < -0.4 is 5.73 Å². The third kappa shape index (κ3) is 2.39. The molecule has 0 bridgehead atoms. The zero-order valence-electron chi connectivity index (χ0n) is 9.02. The number of hydrogen-bond donors (Lipinski definition) is 2. The lowest BCUT2D eigenvalue weighted by molar-refractivity contribution is 0.0697. The molecule has 0 radical (unpaired) electrons. The number of halogens is 2. The zero-order chi connectivity index (χ0) is 13.3. The van der Waals surface area contributed by atoms with Crippen LogP contribution in [0.25, 0.3) is 11.3 Å². The lowest BCUT2D eigenvalue weighted by Crippen LogP contribution is -2.03. The second kappa shape index (κ2) is 4.84. The van der Waals surface area contributed by atoms with Crippen molar-refractivity contribution in [2.24, 2.45) is 0 Å². The van der Waals surface area contributed by atoms with Crippen molar-refractivity contribution in [1.82, 2.24) is 4.98 Å². The van der Waals surface area contributed by atoms with Gasteiger partial charge in [0, 0.05) is 10.6 Å². The molecule has 0 atom stereocenters. The molecule has 0 fully saturated rings. The lowest BCUT2D eigenvalue weighted by atomic mass is 10.1. The highest BCUT2D eigenvalue weighted by atomic mass is 35.5. The predicted octanol–water partition coefficient (Wildman–Crippen LogP) is 3.34. The standard InChI is InChI=1S/C12H8Cl2N2O2/c13-6-1-2-8(10(14)3-6)11-9(12(17)18)4-7(15)5-16-11/h1-5H,15H2,(H,17,18). The smallest absolute Gasteiger partial charge is 0.337 e. The largest absolute Gasteiger partial charge is 0.478 e. The number of aromatic carboxylic acids is 1. The molecule has 0 saturated carbocycles. The fourth-order valence-electron chi connectivity index (χ4n) is 1.54. The SMILES string of the molecule is Nc1cnc(-c2ccc(Cl)cc2Cl)c(C(=O)O)c1. The van der Waals surface area contributed by atoms with Crippen LogP contribution in [-0.2, 0) is 0 Å². The van der Waals surface area contributed by atoms with Crippen molar-refractivity contribution in [3.05, 3.63) is 46.1 Å². The van der Waals surface area contributed by atoms with Crippen LogP contribution in [0.2, 0.25) is 10.0 Å². The molecule has 92 valence electrons. The van der Waals surface area contributed by atoms with Gasteiger partial charge in [-0.3, -0.25) is 4.98 Å². The summed E-state index contributed by atoms with van der Waals surface area (Å²) >= 11 is 11.8. The minimum atomic E-state index is -1.11. The van der Waals surface area contributed by atoms with E-state index in [1.165, 1.54) is 18.3 Å². The van der Waals surface area contributed by atoms with Crippen molar-refractivity contribution in [2.45, 2.75) is 0 Å². The van der Waals surface area contributed by atoms with Crippen LogP contribution in [0, 0.1) is 0 Å². The van der Waals surface area contributed by atoms with Crippen molar-refractivity contribution in [2.75, 3.05) is 5.73 Å². The van der Waals surface area contributed by atoms with Gasteiger partial charge in [-0.15, -0.1) is 0 Å². The molecule has 1 aromatic carbocycles. The highest BCUT2D eigenvalue weighted by Crippen LogP contribution is 2.31. The van der Waals surface area contributed by atoms with E-state index < -0.39 is 5.97 Å². The number of carboxylic acid groups (broad SMARTS) is 1. The van der Waals surface area contributed by atoms with Gasteiger partial charge in [-0.05, 0) is 24.3 Å². The van der Waals surface area contributed by atoms with Gasteiger partial charge >= 0.3 is 5.97 Å². The first-order chi connectivity index (χ1) is 8.49. The molecule has 0 spiro atoms. The van der Waals surface area contributed by atoms with Crippen molar-refractivity contribution >= 4 is 34.9 Å². The van der Waals surface area contributed by atoms with E-state index in [1.54, 1.807) is 12.1 Å². The minimum Gasteiger partial charge on any atom is -0.478 e. The lowest BCUT2D eigenvalue weighted by Gasteiger charge is -2.08. The van der Waals surface area contributed by atoms with Gasteiger partial charge in [0.1, 0.15) is 0 Å². The van der Waals surface area contributed by atoms with Crippen LogP contribution >= 0.6 is 23.2 Å². The van der Waals surface area contributed by atoms with Crippen LogP contribution in [0.4, 0.5) is 5.69 Å². The summed E-state index contributed by atoms with van der Waals surface area (Å²) < 4.78 is 0. The number of nitrogen functional groups attached to an aromatic ring is 1. The monoisotopic (exact) mass is 282 g/mol. The first-order valence-corrected chi connectivity index (χ1v) is 5.69. The first-order valence-electron chi connectivity index (χ1n) is 4.93. The second-order valence-corrected chi connectivity index (χ2v) is 4.44. The van der Waals surface area contributed by atoms with Crippen LogP contribution in [0.1, 0.15) is 10.4 Å². The highest BCUT2D eigenvalue weighted by Gasteiger charge is 2.16. The maximum absolute atomic E-state index is 11.2. The molecule has 0 saturated heterocycles. The van der Waals surface area contributed by atoms with Gasteiger partial charge in [0.05, 0.1) is 28.2 Å². The summed E-state index contributed by atoms with van der Waals surface area (Å²) in [6, 6.07) is 6.11. The molecule has 0 aliphatic carbocycles. The Kier molecular flexibility index (Phi) is 3.41. The van der Waals surface area contributed by atoms with Gasteiger partial charge in [-0.2, -0.15) is 0 Å². The molecule has 0 aliphatic rings. The summed E-state index contributed by atoms with van der Waals surface area (Å²) in [5, 5.41) is 9.94. The fraction of sp³-hybridized carbons (Fsp3) is 0. The second-order valence-electron chi connectivity index (χ2n) is 3.59. The van der Waals surface area contributed by atoms with Gasteiger partial charge in [-0.25, -0.2) is 4.79 Å². The summed E-state index contributed by atoms with van der Waals surface area (Å²) in [5.41, 5.74) is 6.56. The summed E-state index contributed by atoms with van der Waals surface area (Å²) in [6.07, 6.45) is 1.38. The van der Waals surface area contributed by atoms with Crippen LogP contribution in [0.5, 0.6) is 0 Å². The topological polar surface area (TPSA) is 76.2 Å². The summed E-state index contributed by atoms with van der Waals surface area (Å²) in [4.78, 5) is 15.2. The normalized spacial score (nSPS) is 10.3. The molecule has 2 aromatic rings. The van der Waals surface area contributed by atoms with Gasteiger partial charge in [0.2, 0.25) is 0 Å². The zero-order valence-corrected chi connectivity index (χ0v) is 10.5. The number of pyridine rings is 1. The average Bonchev–Trinajstić information content (AvgIpc) is 2.29. The fourth-order valence-corrected chi connectivity index (χ4v) is 2.04. The molecule has 1 aromatic heterocycles. The number of benzene rings is 1. The van der Waals surface area contributed by atoms with E-state index in [0.717, 1.165) is 0 Å². The van der Waals surface area contributed by atoms with Gasteiger partial charge in [-0.1, -0.05) is 23.2 Å². The van der Waals surface area contributed by atoms with Gasteiger partial charge in [0.25, 0.3) is 0 Å². The third-order valence-electron chi connectivity index (χ3n) is 2.33. The Morgan fingerprint density at radius 1 is 1.28 bits per heavy atom. The van der Waals surface area contributed by atoms with E-state index in [2.05, 4.69) is 4.98 Å². The number of nitrogens with two attached hydrogens (primary N) is 1. The molecule has 3 N–H and O–H groups in total. The number of carbonyl (C=O) groups is 1. The average molecular weight is 283 g/mol. The Morgan fingerprint density at radius 2 is 2.00 bits per heavy atom. The summed E-state index contributed by atoms with van der Waals surface area (Å²) in [5.74, 6) is -1.11. The molecular formula is C12H8Cl2N2O2. The third-order valence-corrected chi connectivity index (χ3v) is 2.87. The number of carboxylic acids is 1. The van der Waals surface area contributed by atoms with Gasteiger partial charge < -0.3 is 10.8 Å². The maximum atomic E-state index is 11.2. The molecule has 6 heteroatoms. The first kappa shape index (κ1) is 12.7. The Morgan fingerprint density at radius 3 is 2.61 bits per heavy atom. The maximum Gasteiger partial charge on any atom is 0.337 e. The molecular weight excluding hydrogens is 275 g/mol. The molecule has 0 aliphatic heterocycles. The van der Waals surface area contributed by atoms with Crippen LogP contribution in [0.15, 0.2) is 30.5 Å². The van der Waals surface area contributed by atoms with E-state index in [9.17, 15) is 4.79 Å². The van der Waals surface area contributed by atoms with E-state index >= 15 is 0 Å². The molecule has 0 unspecified atom stereocenters. The highest BCUT2D eigenvalue weighted by molar-refractivity contribution is 6.36. The minimum absolute atomic E-state index is 0.000720. The quantitative estimate of drug-likeness (QED) is 0.886. The van der Waals surface area contributed by atoms with Crippen molar-refractivity contribution in [3.8, 4) is 11.3 Å². The number of aromatic nitrogens is 1. The van der Waals surface area contributed by atoms with E-state index in [4.69, 9.17) is 34.0 Å². The Balaban J connectivity index is 2.67. The molecule has 2 rings (SSSR count). The molecule has 0 amide bonds. The van der Waals surface area contributed by atoms with Gasteiger partial charge in [0.15, 0.2) is 0 Å². The molecule has 1 heterocycles. The Labute approximate surface area is 113 Å². The number of anilines is 1. The Hall–Kier alpha value is -1.78. The summed E-state index contributed by atoms with van der Waals surface area (Å²) in [7, 11) is 0. The van der Waals surface area contributed by atoms with Crippen molar-refractivity contribution < 1.29 is 9.90 Å². The van der Waals surface area contributed by atoms with E-state index in [1.807, 2.05) is 0 Å². The number of rotatable bonds is 2. The Bertz CT molecular complexity index is 629. The molecule has 18 heavy (non-hydrogen) atoms. The summed E-state index contributed by atoms with van der Waals surface area (Å²) in [6.45, 7) is 0. The van der Waals surface area contributed by atoms with E-state index in [0.29, 0.717) is 15.6 Å².